The van der Waals surface area contributed by atoms with Crippen LogP contribution in [0.4, 0.5) is 0 Å². The summed E-state index contributed by atoms with van der Waals surface area (Å²) in [5.41, 5.74) is -0.148. The van der Waals surface area contributed by atoms with Gasteiger partial charge in [0, 0.05) is 11.6 Å². The first-order chi connectivity index (χ1) is 7.53. The molecule has 0 aliphatic heterocycles. The topological polar surface area (TPSA) is 67.2 Å². The third kappa shape index (κ3) is 4.44. The summed E-state index contributed by atoms with van der Waals surface area (Å²) in [6.45, 7) is 6.84. The van der Waals surface area contributed by atoms with E-state index in [1.54, 1.807) is 12.3 Å². The number of hydrogen-bond donors (Lipinski definition) is 2. The summed E-state index contributed by atoms with van der Waals surface area (Å²) in [5.74, 6) is 0.717. The van der Waals surface area contributed by atoms with Gasteiger partial charge in [-0.1, -0.05) is 12.1 Å². The van der Waals surface area contributed by atoms with Gasteiger partial charge in [0.05, 0.1) is 19.3 Å². The Balaban J connectivity index is 2.20. The lowest BCUT2D eigenvalue weighted by atomic mass is 10.0. The predicted molar refractivity (Wildman–Crippen MR) is 60.7 cm³/mol. The van der Waals surface area contributed by atoms with Crippen LogP contribution in [0.2, 0.25) is 0 Å². The van der Waals surface area contributed by atoms with E-state index in [4.69, 9.17) is 4.52 Å². The van der Waals surface area contributed by atoms with Gasteiger partial charge in [0.2, 0.25) is 5.91 Å². The van der Waals surface area contributed by atoms with Crippen molar-refractivity contribution in [3.05, 3.63) is 18.0 Å². The maximum absolute atomic E-state index is 11.5. The molecule has 0 spiro atoms. The van der Waals surface area contributed by atoms with E-state index in [1.165, 1.54) is 0 Å². The molecule has 0 aliphatic rings. The van der Waals surface area contributed by atoms with Crippen molar-refractivity contribution >= 4 is 5.91 Å². The minimum atomic E-state index is -0.148. The smallest absolute Gasteiger partial charge is 0.234 e. The zero-order valence-corrected chi connectivity index (χ0v) is 10.0. The zero-order valence-electron chi connectivity index (χ0n) is 10.0. The van der Waals surface area contributed by atoms with Gasteiger partial charge in [0.1, 0.15) is 5.76 Å². The highest BCUT2D eigenvalue weighted by Gasteiger charge is 2.17. The number of hydrogen-bond acceptors (Lipinski definition) is 4. The first kappa shape index (κ1) is 12.7. The molecule has 1 amide bonds. The van der Waals surface area contributed by atoms with Crippen molar-refractivity contribution in [1.82, 2.24) is 15.8 Å². The lowest BCUT2D eigenvalue weighted by Gasteiger charge is -2.24. The largest absolute Gasteiger partial charge is 0.360 e. The molecule has 1 rings (SSSR count). The molecular weight excluding hydrogens is 206 g/mol. The number of nitrogens with one attached hydrogen (secondary N) is 2. The molecule has 0 radical (unpaired) electrons. The van der Waals surface area contributed by atoms with Crippen LogP contribution >= 0.6 is 0 Å². The third-order valence-corrected chi connectivity index (χ3v) is 2.44. The van der Waals surface area contributed by atoms with Crippen molar-refractivity contribution in [2.75, 3.05) is 6.54 Å². The fourth-order valence-corrected chi connectivity index (χ4v) is 1.14. The second kappa shape index (κ2) is 5.65. The van der Waals surface area contributed by atoms with Crippen molar-refractivity contribution in [3.63, 3.8) is 0 Å². The average Bonchev–Trinajstić information content (AvgIpc) is 2.70. The van der Waals surface area contributed by atoms with E-state index in [0.717, 1.165) is 12.2 Å². The fraction of sp³-hybridized carbons (Fsp3) is 0.636. The molecule has 0 fully saturated rings. The molecule has 0 aliphatic carbocycles. The molecule has 1 heterocycles. The number of nitrogens with zero attached hydrogens (tertiary/aromatic N) is 1. The number of amides is 1. The molecule has 0 saturated carbocycles. The van der Waals surface area contributed by atoms with Crippen LogP contribution in [-0.2, 0) is 11.3 Å². The third-order valence-electron chi connectivity index (χ3n) is 2.44. The van der Waals surface area contributed by atoms with Crippen LogP contribution in [0.15, 0.2) is 16.8 Å². The van der Waals surface area contributed by atoms with Crippen molar-refractivity contribution in [1.29, 1.82) is 0 Å². The van der Waals surface area contributed by atoms with Crippen LogP contribution < -0.4 is 10.6 Å². The fourth-order valence-electron chi connectivity index (χ4n) is 1.14. The van der Waals surface area contributed by atoms with Crippen molar-refractivity contribution in [3.8, 4) is 0 Å². The van der Waals surface area contributed by atoms with E-state index in [2.05, 4.69) is 15.8 Å². The lowest BCUT2D eigenvalue weighted by molar-refractivity contribution is -0.121. The van der Waals surface area contributed by atoms with Gasteiger partial charge >= 0.3 is 0 Å². The van der Waals surface area contributed by atoms with E-state index < -0.39 is 0 Å². The minimum absolute atomic E-state index is 0.00800. The molecule has 5 nitrogen and oxygen atoms in total. The van der Waals surface area contributed by atoms with Gasteiger partial charge < -0.3 is 15.2 Å². The highest BCUT2D eigenvalue weighted by molar-refractivity contribution is 5.78. The Morgan fingerprint density at radius 3 is 2.88 bits per heavy atom. The molecule has 1 aromatic rings. The SMILES string of the molecule is CCC(C)(C)NC(=O)CNCc1ccno1. The molecule has 5 heteroatoms. The highest BCUT2D eigenvalue weighted by Crippen LogP contribution is 2.05. The van der Waals surface area contributed by atoms with Crippen molar-refractivity contribution < 1.29 is 9.32 Å². The van der Waals surface area contributed by atoms with Crippen molar-refractivity contribution in [2.45, 2.75) is 39.3 Å². The molecule has 0 atom stereocenters. The lowest BCUT2D eigenvalue weighted by Crippen LogP contribution is -2.46. The molecular formula is C11H19N3O2. The Morgan fingerprint density at radius 1 is 1.56 bits per heavy atom. The van der Waals surface area contributed by atoms with Crippen LogP contribution in [0.25, 0.3) is 0 Å². The number of carbonyl (C=O) groups excluding carboxylic acids is 1. The Morgan fingerprint density at radius 2 is 2.31 bits per heavy atom. The molecule has 2 N–H and O–H groups in total. The van der Waals surface area contributed by atoms with Crippen LogP contribution in [0.3, 0.4) is 0 Å². The van der Waals surface area contributed by atoms with Gasteiger partial charge in [-0.2, -0.15) is 0 Å². The first-order valence-electron chi connectivity index (χ1n) is 5.45. The second-order valence-electron chi connectivity index (χ2n) is 4.37. The summed E-state index contributed by atoms with van der Waals surface area (Å²) in [5, 5.41) is 9.50. The minimum Gasteiger partial charge on any atom is -0.360 e. The summed E-state index contributed by atoms with van der Waals surface area (Å²) in [7, 11) is 0. The monoisotopic (exact) mass is 225 g/mol. The van der Waals surface area contributed by atoms with Gasteiger partial charge in [0.15, 0.2) is 0 Å². The zero-order chi connectivity index (χ0) is 12.0. The summed E-state index contributed by atoms with van der Waals surface area (Å²) in [6.07, 6.45) is 2.48. The molecule has 16 heavy (non-hydrogen) atoms. The maximum Gasteiger partial charge on any atom is 0.234 e. The quantitative estimate of drug-likeness (QED) is 0.760. The Labute approximate surface area is 95.6 Å². The summed E-state index contributed by atoms with van der Waals surface area (Å²) >= 11 is 0. The van der Waals surface area contributed by atoms with Gasteiger partial charge in [-0.25, -0.2) is 0 Å². The van der Waals surface area contributed by atoms with Crippen LogP contribution in [-0.4, -0.2) is 23.1 Å². The Bertz CT molecular complexity index is 320. The summed E-state index contributed by atoms with van der Waals surface area (Å²) < 4.78 is 4.89. The van der Waals surface area contributed by atoms with Crippen LogP contribution in [0.1, 0.15) is 33.0 Å². The highest BCUT2D eigenvalue weighted by atomic mass is 16.5. The second-order valence-corrected chi connectivity index (χ2v) is 4.37. The molecule has 1 aromatic heterocycles. The van der Waals surface area contributed by atoms with Gasteiger partial charge in [-0.15, -0.1) is 0 Å². The molecule has 0 aromatic carbocycles. The standard InChI is InChI=1S/C11H19N3O2/c1-4-11(2,3)14-10(15)8-12-7-9-5-6-13-16-9/h5-6,12H,4,7-8H2,1-3H3,(H,14,15). The van der Waals surface area contributed by atoms with Crippen molar-refractivity contribution in [2.24, 2.45) is 0 Å². The number of carbonyl (C=O) groups is 1. The Kier molecular flexibility index (Phi) is 4.49. The molecule has 0 unspecified atom stereocenters. The van der Waals surface area contributed by atoms with Gasteiger partial charge in [0.25, 0.3) is 0 Å². The molecule has 0 saturated heterocycles. The predicted octanol–water partition coefficient (Wildman–Crippen LogP) is 1.07. The molecule has 0 bridgehead atoms. The van der Waals surface area contributed by atoms with Crippen LogP contribution in [0.5, 0.6) is 0 Å². The van der Waals surface area contributed by atoms with E-state index >= 15 is 0 Å². The van der Waals surface area contributed by atoms with Crippen LogP contribution in [0, 0.1) is 0 Å². The molecule has 90 valence electrons. The van der Waals surface area contributed by atoms with Gasteiger partial charge in [-0.05, 0) is 20.3 Å². The number of rotatable bonds is 6. The van der Waals surface area contributed by atoms with E-state index in [-0.39, 0.29) is 18.0 Å². The van der Waals surface area contributed by atoms with E-state index in [1.807, 2.05) is 20.8 Å². The normalized spacial score (nSPS) is 11.4. The number of aromatic nitrogens is 1. The average molecular weight is 225 g/mol. The Hall–Kier alpha value is -1.36. The summed E-state index contributed by atoms with van der Waals surface area (Å²) in [6, 6.07) is 1.76. The van der Waals surface area contributed by atoms with E-state index in [9.17, 15) is 4.79 Å². The van der Waals surface area contributed by atoms with E-state index in [0.29, 0.717) is 6.54 Å². The summed E-state index contributed by atoms with van der Waals surface area (Å²) in [4.78, 5) is 11.5. The maximum atomic E-state index is 11.5. The van der Waals surface area contributed by atoms with Gasteiger partial charge in [-0.3, -0.25) is 4.79 Å². The first-order valence-corrected chi connectivity index (χ1v) is 5.45.